The molecule has 1 saturated carbocycles. The molecule has 31 heavy (non-hydrogen) atoms. The van der Waals surface area contributed by atoms with Crippen molar-refractivity contribution in [3.8, 4) is 11.8 Å². The summed E-state index contributed by atoms with van der Waals surface area (Å²) in [4.78, 5) is 25.2. The third kappa shape index (κ3) is 7.04. The second-order valence-corrected chi connectivity index (χ2v) is 8.57. The van der Waals surface area contributed by atoms with Crippen LogP contribution in [0.5, 0.6) is 0 Å². The van der Waals surface area contributed by atoms with Gasteiger partial charge >= 0.3 is 12.1 Å². The Bertz CT molecular complexity index is 1010. The highest BCUT2D eigenvalue weighted by atomic mass is 16.6. The first-order valence-electron chi connectivity index (χ1n) is 10.3. The van der Waals surface area contributed by atoms with Gasteiger partial charge in [-0.25, -0.2) is 9.59 Å². The summed E-state index contributed by atoms with van der Waals surface area (Å²) in [6.07, 6.45) is 5.47. The summed E-state index contributed by atoms with van der Waals surface area (Å²) < 4.78 is 5.55. The molecule has 3 rings (SSSR count). The Labute approximate surface area is 183 Å². The Kier molecular flexibility index (Phi) is 6.81. The fourth-order valence-electron chi connectivity index (χ4n) is 2.94. The molecule has 5 nitrogen and oxygen atoms in total. The fourth-order valence-corrected chi connectivity index (χ4v) is 2.94. The molecule has 0 atom stereocenters. The Morgan fingerprint density at radius 2 is 1.74 bits per heavy atom. The van der Waals surface area contributed by atoms with Crippen molar-refractivity contribution >= 4 is 18.1 Å². The number of carboxylic acid groups (broad SMARTS) is 1. The molecule has 0 bridgehead atoms. The molecular formula is C26H27NO4. The van der Waals surface area contributed by atoms with Gasteiger partial charge in [-0.3, -0.25) is 0 Å². The van der Waals surface area contributed by atoms with Crippen LogP contribution in [0.4, 0.5) is 4.79 Å². The molecule has 0 saturated heterocycles. The summed E-state index contributed by atoms with van der Waals surface area (Å²) in [5, 5.41) is 8.91. The van der Waals surface area contributed by atoms with E-state index in [2.05, 4.69) is 11.8 Å². The molecule has 160 valence electrons. The van der Waals surface area contributed by atoms with Crippen molar-refractivity contribution in [1.82, 2.24) is 4.90 Å². The number of carbonyl (C=O) groups excluding carboxylic acids is 1. The Balaban J connectivity index is 1.58. The summed E-state index contributed by atoms with van der Waals surface area (Å²) in [6.45, 7) is 6.18. The Morgan fingerprint density at radius 1 is 1.10 bits per heavy atom. The standard InChI is InChI=1S/C26H27NO4/c1-26(2,3)31-25(30)27(23-16-17-23)18-21-10-8-19(9-11-21)6-4-5-7-20-12-14-22(15-13-20)24(28)29/h4,6,8-15,23H,16-18H2,1-3H3,(H,28,29). The van der Waals surface area contributed by atoms with Crippen LogP contribution in [0.15, 0.2) is 54.6 Å². The quantitative estimate of drug-likeness (QED) is 0.666. The van der Waals surface area contributed by atoms with Crippen LogP contribution < -0.4 is 0 Å². The van der Waals surface area contributed by atoms with Gasteiger partial charge in [0.2, 0.25) is 0 Å². The predicted octanol–water partition coefficient (Wildman–Crippen LogP) is 5.35. The van der Waals surface area contributed by atoms with Gasteiger partial charge in [-0.1, -0.05) is 36.1 Å². The van der Waals surface area contributed by atoms with Crippen molar-refractivity contribution in [2.24, 2.45) is 0 Å². The average molecular weight is 418 g/mol. The van der Waals surface area contributed by atoms with Crippen molar-refractivity contribution < 1.29 is 19.4 Å². The van der Waals surface area contributed by atoms with Crippen molar-refractivity contribution in [2.75, 3.05) is 0 Å². The number of hydrogen-bond donors (Lipinski definition) is 1. The first-order chi connectivity index (χ1) is 14.7. The van der Waals surface area contributed by atoms with Crippen LogP contribution in [0, 0.1) is 11.8 Å². The second-order valence-electron chi connectivity index (χ2n) is 8.57. The van der Waals surface area contributed by atoms with E-state index in [1.807, 2.05) is 56.0 Å². The summed E-state index contributed by atoms with van der Waals surface area (Å²) in [7, 11) is 0. The van der Waals surface area contributed by atoms with Gasteiger partial charge in [-0.05, 0) is 81.2 Å². The molecule has 0 spiro atoms. The van der Waals surface area contributed by atoms with Crippen molar-refractivity contribution in [2.45, 2.75) is 51.8 Å². The molecule has 0 aromatic heterocycles. The van der Waals surface area contributed by atoms with Gasteiger partial charge in [0.05, 0.1) is 5.56 Å². The lowest BCUT2D eigenvalue weighted by molar-refractivity contribution is 0.0216. The number of nitrogens with zero attached hydrogens (tertiary/aromatic N) is 1. The summed E-state index contributed by atoms with van der Waals surface area (Å²) >= 11 is 0. The smallest absolute Gasteiger partial charge is 0.410 e. The number of aromatic carboxylic acids is 1. The van der Waals surface area contributed by atoms with Crippen molar-refractivity contribution in [1.29, 1.82) is 0 Å². The number of benzene rings is 2. The highest BCUT2D eigenvalue weighted by Gasteiger charge is 2.35. The zero-order valence-corrected chi connectivity index (χ0v) is 18.1. The zero-order chi connectivity index (χ0) is 22.4. The lowest BCUT2D eigenvalue weighted by atomic mass is 10.1. The minimum Gasteiger partial charge on any atom is -0.478 e. The number of amides is 1. The first-order valence-corrected chi connectivity index (χ1v) is 10.3. The van der Waals surface area contributed by atoms with E-state index in [-0.39, 0.29) is 17.7 Å². The first kappa shape index (κ1) is 22.2. The molecule has 1 aliphatic carbocycles. The number of allylic oxidation sites excluding steroid dienone is 1. The van der Waals surface area contributed by atoms with Gasteiger partial charge in [-0.15, -0.1) is 0 Å². The number of carboxylic acids is 1. The number of rotatable bonds is 5. The largest absolute Gasteiger partial charge is 0.478 e. The van der Waals surface area contributed by atoms with E-state index < -0.39 is 11.6 Å². The van der Waals surface area contributed by atoms with E-state index in [0.29, 0.717) is 6.54 Å². The fraction of sp³-hybridized carbons (Fsp3) is 0.308. The SMILES string of the molecule is CC(C)(C)OC(=O)N(Cc1ccc(C=CC#Cc2ccc(C(=O)O)cc2)cc1)C1CC1. The lowest BCUT2D eigenvalue weighted by Gasteiger charge is -2.27. The summed E-state index contributed by atoms with van der Waals surface area (Å²) in [5.41, 5.74) is 2.56. The molecular weight excluding hydrogens is 390 g/mol. The third-order valence-corrected chi connectivity index (χ3v) is 4.66. The Hall–Kier alpha value is -3.52. The molecule has 0 radical (unpaired) electrons. The summed E-state index contributed by atoms with van der Waals surface area (Å²) in [6, 6.07) is 14.7. The van der Waals surface area contributed by atoms with Crippen molar-refractivity contribution in [3.05, 3.63) is 76.9 Å². The van der Waals surface area contributed by atoms with Gasteiger partial charge in [-0.2, -0.15) is 0 Å². The maximum absolute atomic E-state index is 12.5. The molecule has 0 unspecified atom stereocenters. The van der Waals surface area contributed by atoms with E-state index in [0.717, 1.165) is 29.5 Å². The zero-order valence-electron chi connectivity index (χ0n) is 18.1. The topological polar surface area (TPSA) is 66.8 Å². The number of ether oxygens (including phenoxy) is 1. The van der Waals surface area contributed by atoms with E-state index in [4.69, 9.17) is 9.84 Å². The maximum Gasteiger partial charge on any atom is 0.410 e. The van der Waals surface area contributed by atoms with Gasteiger partial charge in [0.15, 0.2) is 0 Å². The number of carbonyl (C=O) groups is 2. The maximum atomic E-state index is 12.5. The molecule has 1 fully saturated rings. The van der Waals surface area contributed by atoms with Crippen LogP contribution in [0.25, 0.3) is 6.08 Å². The normalized spacial score (nSPS) is 13.4. The minimum atomic E-state index is -0.950. The second kappa shape index (κ2) is 9.53. The van der Waals surface area contributed by atoms with Crippen LogP contribution in [-0.4, -0.2) is 33.7 Å². The monoisotopic (exact) mass is 417 g/mol. The number of hydrogen-bond acceptors (Lipinski definition) is 3. The van der Waals surface area contributed by atoms with E-state index in [9.17, 15) is 9.59 Å². The van der Waals surface area contributed by atoms with E-state index in [1.165, 1.54) is 12.1 Å². The molecule has 5 heteroatoms. The molecule has 2 aromatic rings. The molecule has 0 heterocycles. The predicted molar refractivity (Wildman–Crippen MR) is 121 cm³/mol. The van der Waals surface area contributed by atoms with Gasteiger partial charge < -0.3 is 14.7 Å². The highest BCUT2D eigenvalue weighted by Crippen LogP contribution is 2.30. The van der Waals surface area contributed by atoms with Crippen LogP contribution in [0.2, 0.25) is 0 Å². The third-order valence-electron chi connectivity index (χ3n) is 4.66. The van der Waals surface area contributed by atoms with Crippen LogP contribution >= 0.6 is 0 Å². The molecule has 0 aliphatic heterocycles. The highest BCUT2D eigenvalue weighted by molar-refractivity contribution is 5.87. The molecule has 1 aliphatic rings. The van der Waals surface area contributed by atoms with E-state index >= 15 is 0 Å². The van der Waals surface area contributed by atoms with Gasteiger partial charge in [0.1, 0.15) is 5.60 Å². The van der Waals surface area contributed by atoms with Crippen LogP contribution in [-0.2, 0) is 11.3 Å². The molecule has 2 aromatic carbocycles. The van der Waals surface area contributed by atoms with Gasteiger partial charge in [0, 0.05) is 18.2 Å². The average Bonchev–Trinajstić information content (AvgIpc) is 3.54. The van der Waals surface area contributed by atoms with Crippen LogP contribution in [0.3, 0.4) is 0 Å². The van der Waals surface area contributed by atoms with Crippen LogP contribution in [0.1, 0.15) is 60.7 Å². The van der Waals surface area contributed by atoms with Gasteiger partial charge in [0.25, 0.3) is 0 Å². The van der Waals surface area contributed by atoms with E-state index in [1.54, 1.807) is 18.2 Å². The lowest BCUT2D eigenvalue weighted by Crippen LogP contribution is -2.37. The Morgan fingerprint density at radius 3 is 2.29 bits per heavy atom. The molecule has 1 N–H and O–H groups in total. The van der Waals surface area contributed by atoms with Crippen molar-refractivity contribution in [3.63, 3.8) is 0 Å². The summed E-state index contributed by atoms with van der Waals surface area (Å²) in [5.74, 6) is 4.99. The molecule has 1 amide bonds. The minimum absolute atomic E-state index is 0.244.